The Bertz CT molecular complexity index is 286. The van der Waals surface area contributed by atoms with Gasteiger partial charge in [-0.25, -0.2) is 12.7 Å². The fraction of sp³-hybridized carbons (Fsp3) is 1.00. The summed E-state index contributed by atoms with van der Waals surface area (Å²) in [5, 5.41) is 3.23. The van der Waals surface area contributed by atoms with Crippen LogP contribution in [-0.2, 0) is 14.8 Å². The van der Waals surface area contributed by atoms with Crippen LogP contribution in [0.4, 0.5) is 0 Å². The molecule has 0 amide bonds. The van der Waals surface area contributed by atoms with Crippen molar-refractivity contribution in [2.75, 3.05) is 39.6 Å². The average molecular weight is 250 g/mol. The Labute approximate surface area is 98.2 Å². The SMILES string of the molecule is COCCCS(=O)(=O)N(C)C1CCNCC1. The number of sulfonamides is 1. The Balaban J connectivity index is 2.46. The summed E-state index contributed by atoms with van der Waals surface area (Å²) >= 11 is 0. The molecule has 0 unspecified atom stereocenters. The molecule has 1 aliphatic heterocycles. The van der Waals surface area contributed by atoms with Gasteiger partial charge in [0.05, 0.1) is 5.75 Å². The molecule has 5 nitrogen and oxygen atoms in total. The van der Waals surface area contributed by atoms with Crippen LogP contribution in [0.2, 0.25) is 0 Å². The van der Waals surface area contributed by atoms with Gasteiger partial charge in [0.15, 0.2) is 0 Å². The number of methoxy groups -OCH3 is 1. The lowest BCUT2D eigenvalue weighted by Gasteiger charge is -2.30. The molecule has 0 saturated carbocycles. The van der Waals surface area contributed by atoms with E-state index in [0.717, 1.165) is 25.9 Å². The Kier molecular flexibility index (Phi) is 5.68. The van der Waals surface area contributed by atoms with E-state index < -0.39 is 10.0 Å². The minimum Gasteiger partial charge on any atom is -0.385 e. The second kappa shape index (κ2) is 6.54. The molecule has 1 fully saturated rings. The first-order valence-corrected chi connectivity index (χ1v) is 7.34. The molecule has 0 spiro atoms. The molecular formula is C10H22N2O3S. The van der Waals surface area contributed by atoms with Crippen molar-refractivity contribution in [3.05, 3.63) is 0 Å². The number of ether oxygens (including phenoxy) is 1. The summed E-state index contributed by atoms with van der Waals surface area (Å²) < 4.78 is 30.3. The van der Waals surface area contributed by atoms with Gasteiger partial charge in [-0.15, -0.1) is 0 Å². The Morgan fingerprint density at radius 2 is 2.00 bits per heavy atom. The highest BCUT2D eigenvalue weighted by molar-refractivity contribution is 7.89. The van der Waals surface area contributed by atoms with Crippen molar-refractivity contribution in [2.24, 2.45) is 0 Å². The molecule has 0 atom stereocenters. The van der Waals surface area contributed by atoms with Crippen LogP contribution in [0.5, 0.6) is 0 Å². The fourth-order valence-corrected chi connectivity index (χ4v) is 3.36. The van der Waals surface area contributed by atoms with Crippen molar-refractivity contribution in [3.8, 4) is 0 Å². The number of hydrogen-bond donors (Lipinski definition) is 1. The molecule has 0 aromatic carbocycles. The second-order valence-corrected chi connectivity index (χ2v) is 6.31. The Morgan fingerprint density at radius 3 is 2.56 bits per heavy atom. The number of hydrogen-bond acceptors (Lipinski definition) is 4. The number of rotatable bonds is 6. The summed E-state index contributed by atoms with van der Waals surface area (Å²) in [7, 11) is 0.172. The van der Waals surface area contributed by atoms with Crippen molar-refractivity contribution >= 4 is 10.0 Å². The fourth-order valence-electron chi connectivity index (χ4n) is 1.93. The minimum atomic E-state index is -3.11. The summed E-state index contributed by atoms with van der Waals surface area (Å²) in [6, 6.07) is 0.161. The number of piperidine rings is 1. The van der Waals surface area contributed by atoms with Gasteiger partial charge in [-0.3, -0.25) is 0 Å². The predicted molar refractivity (Wildman–Crippen MR) is 63.9 cm³/mol. The van der Waals surface area contributed by atoms with Gasteiger partial charge in [0.1, 0.15) is 0 Å². The van der Waals surface area contributed by atoms with E-state index in [-0.39, 0.29) is 11.8 Å². The van der Waals surface area contributed by atoms with Gasteiger partial charge in [-0.2, -0.15) is 0 Å². The zero-order chi connectivity index (χ0) is 12.0. The molecule has 0 bridgehead atoms. The van der Waals surface area contributed by atoms with Crippen molar-refractivity contribution in [3.63, 3.8) is 0 Å². The van der Waals surface area contributed by atoms with Gasteiger partial charge in [-0.1, -0.05) is 0 Å². The molecule has 1 rings (SSSR count). The van der Waals surface area contributed by atoms with Crippen molar-refractivity contribution in [1.29, 1.82) is 0 Å². The van der Waals surface area contributed by atoms with E-state index in [1.165, 1.54) is 0 Å². The maximum atomic E-state index is 12.0. The third-order valence-corrected chi connectivity index (χ3v) is 4.99. The van der Waals surface area contributed by atoms with E-state index in [1.54, 1.807) is 18.5 Å². The lowest BCUT2D eigenvalue weighted by Crippen LogP contribution is -2.44. The summed E-state index contributed by atoms with van der Waals surface area (Å²) in [6.45, 7) is 2.31. The van der Waals surface area contributed by atoms with Crippen molar-refractivity contribution in [2.45, 2.75) is 25.3 Å². The third-order valence-electron chi connectivity index (χ3n) is 3.01. The van der Waals surface area contributed by atoms with E-state index in [9.17, 15) is 8.42 Å². The third kappa shape index (κ3) is 4.01. The normalized spacial score (nSPS) is 19.2. The Morgan fingerprint density at radius 1 is 1.38 bits per heavy atom. The maximum absolute atomic E-state index is 12.0. The van der Waals surface area contributed by atoms with E-state index in [1.807, 2.05) is 0 Å². The van der Waals surface area contributed by atoms with Crippen molar-refractivity contribution < 1.29 is 13.2 Å². The highest BCUT2D eigenvalue weighted by atomic mass is 32.2. The van der Waals surface area contributed by atoms with Gasteiger partial charge in [0, 0.05) is 26.8 Å². The maximum Gasteiger partial charge on any atom is 0.214 e. The molecule has 6 heteroatoms. The molecule has 0 aromatic rings. The molecule has 1 heterocycles. The monoisotopic (exact) mass is 250 g/mol. The molecule has 0 radical (unpaired) electrons. The second-order valence-electron chi connectivity index (χ2n) is 4.16. The lowest BCUT2D eigenvalue weighted by molar-refractivity contribution is 0.199. The van der Waals surface area contributed by atoms with Crippen LogP contribution in [0.1, 0.15) is 19.3 Å². The van der Waals surface area contributed by atoms with Crippen molar-refractivity contribution in [1.82, 2.24) is 9.62 Å². The minimum absolute atomic E-state index is 0.161. The molecule has 16 heavy (non-hydrogen) atoms. The zero-order valence-corrected chi connectivity index (χ0v) is 10.9. The molecule has 96 valence electrons. The number of nitrogens with zero attached hydrogens (tertiary/aromatic N) is 1. The summed E-state index contributed by atoms with van der Waals surface area (Å²) in [5.41, 5.74) is 0. The van der Waals surface area contributed by atoms with E-state index in [4.69, 9.17) is 4.74 Å². The molecule has 1 N–H and O–H groups in total. The quantitative estimate of drug-likeness (QED) is 0.676. The van der Waals surface area contributed by atoms with Gasteiger partial charge >= 0.3 is 0 Å². The van der Waals surface area contributed by atoms with Crippen LogP contribution in [0.25, 0.3) is 0 Å². The smallest absolute Gasteiger partial charge is 0.214 e. The van der Waals surface area contributed by atoms with Crippen LogP contribution >= 0.6 is 0 Å². The van der Waals surface area contributed by atoms with Gasteiger partial charge in [-0.05, 0) is 32.4 Å². The predicted octanol–water partition coefficient (Wildman–Crippen LogP) is 0.0365. The highest BCUT2D eigenvalue weighted by Crippen LogP contribution is 2.14. The topological polar surface area (TPSA) is 58.6 Å². The van der Waals surface area contributed by atoms with Crippen LogP contribution in [0.3, 0.4) is 0 Å². The molecular weight excluding hydrogens is 228 g/mol. The molecule has 0 aliphatic carbocycles. The molecule has 1 aliphatic rings. The highest BCUT2D eigenvalue weighted by Gasteiger charge is 2.26. The summed E-state index contributed by atoms with van der Waals surface area (Å²) in [6.07, 6.45) is 2.37. The Hall–Kier alpha value is -0.170. The van der Waals surface area contributed by atoms with Crippen LogP contribution in [-0.4, -0.2) is 58.4 Å². The lowest BCUT2D eigenvalue weighted by atomic mass is 10.1. The zero-order valence-electron chi connectivity index (χ0n) is 10.1. The van der Waals surface area contributed by atoms with Crippen LogP contribution in [0, 0.1) is 0 Å². The van der Waals surface area contributed by atoms with Crippen LogP contribution in [0.15, 0.2) is 0 Å². The first kappa shape index (κ1) is 13.9. The van der Waals surface area contributed by atoms with Gasteiger partial charge in [0.2, 0.25) is 10.0 Å². The number of nitrogens with one attached hydrogen (secondary N) is 1. The van der Waals surface area contributed by atoms with Gasteiger partial charge < -0.3 is 10.1 Å². The molecule has 1 saturated heterocycles. The van der Waals surface area contributed by atoms with E-state index in [0.29, 0.717) is 13.0 Å². The summed E-state index contributed by atoms with van der Waals surface area (Å²) in [4.78, 5) is 0. The first-order valence-electron chi connectivity index (χ1n) is 5.73. The van der Waals surface area contributed by atoms with E-state index in [2.05, 4.69) is 5.32 Å². The van der Waals surface area contributed by atoms with Gasteiger partial charge in [0.25, 0.3) is 0 Å². The largest absolute Gasteiger partial charge is 0.385 e. The average Bonchev–Trinajstić information content (AvgIpc) is 2.29. The summed E-state index contributed by atoms with van der Waals surface area (Å²) in [5.74, 6) is 0.182. The molecule has 0 aromatic heterocycles. The first-order chi connectivity index (χ1) is 7.58. The standard InChI is InChI=1S/C10H22N2O3S/c1-12(10-4-6-11-7-5-10)16(13,14)9-3-8-15-2/h10-11H,3-9H2,1-2H3. The van der Waals surface area contributed by atoms with Crippen LogP contribution < -0.4 is 5.32 Å². The van der Waals surface area contributed by atoms with E-state index >= 15 is 0 Å².